The van der Waals surface area contributed by atoms with Crippen molar-refractivity contribution in [2.75, 3.05) is 33.0 Å². The highest BCUT2D eigenvalue weighted by molar-refractivity contribution is 5.80. The minimum atomic E-state index is -0.254. The number of aromatic nitrogens is 2. The van der Waals surface area contributed by atoms with Crippen LogP contribution < -0.4 is 9.47 Å². The van der Waals surface area contributed by atoms with Gasteiger partial charge in [-0.25, -0.2) is 0 Å². The van der Waals surface area contributed by atoms with E-state index in [-0.39, 0.29) is 11.9 Å². The molecule has 1 aromatic carbocycles. The Labute approximate surface area is 146 Å². The number of hydrogen-bond acceptors (Lipinski definition) is 5. The standard InChI is InChI=1S/C18H22N4O3/c1-14(22-6-2-5-19-22)18(23)21-9-7-20(8-10-21)12-15-3-4-16-17(11-15)25-13-24-16/h2-6,11,14H,7-10,12-13H2,1H3/t14-/m0/s1. The number of piperazine rings is 1. The Morgan fingerprint density at radius 1 is 1.20 bits per heavy atom. The molecule has 0 saturated carbocycles. The minimum absolute atomic E-state index is 0.131. The number of fused-ring (bicyclic) bond motifs is 1. The second-order valence-corrected chi connectivity index (χ2v) is 6.45. The van der Waals surface area contributed by atoms with Gasteiger partial charge in [0, 0.05) is 45.1 Å². The maximum atomic E-state index is 12.6. The molecule has 0 radical (unpaired) electrons. The van der Waals surface area contributed by atoms with Crippen molar-refractivity contribution in [3.63, 3.8) is 0 Å². The summed E-state index contributed by atoms with van der Waals surface area (Å²) in [6.07, 6.45) is 3.53. The highest BCUT2D eigenvalue weighted by Crippen LogP contribution is 2.32. The van der Waals surface area contributed by atoms with Crippen LogP contribution in [0.15, 0.2) is 36.7 Å². The van der Waals surface area contributed by atoms with Crippen molar-refractivity contribution in [1.29, 1.82) is 0 Å². The molecule has 1 atom stereocenters. The van der Waals surface area contributed by atoms with Crippen LogP contribution in [0.1, 0.15) is 18.5 Å². The van der Waals surface area contributed by atoms with E-state index in [1.54, 1.807) is 10.9 Å². The quantitative estimate of drug-likeness (QED) is 0.843. The summed E-state index contributed by atoms with van der Waals surface area (Å²) in [5.74, 6) is 1.76. The smallest absolute Gasteiger partial charge is 0.247 e. The molecule has 1 amide bonds. The zero-order valence-electron chi connectivity index (χ0n) is 14.3. The summed E-state index contributed by atoms with van der Waals surface area (Å²) in [6, 6.07) is 7.66. The molecule has 0 spiro atoms. The third-order valence-corrected chi connectivity index (χ3v) is 4.81. The molecule has 7 nitrogen and oxygen atoms in total. The molecule has 1 saturated heterocycles. The summed E-state index contributed by atoms with van der Waals surface area (Å²) in [7, 11) is 0. The van der Waals surface area contributed by atoms with Crippen molar-refractivity contribution < 1.29 is 14.3 Å². The van der Waals surface area contributed by atoms with Crippen LogP contribution in [-0.4, -0.2) is 58.5 Å². The zero-order valence-corrected chi connectivity index (χ0v) is 14.3. The average molecular weight is 342 g/mol. The molecule has 7 heteroatoms. The van der Waals surface area contributed by atoms with Crippen LogP contribution in [0.2, 0.25) is 0 Å². The Hall–Kier alpha value is -2.54. The van der Waals surface area contributed by atoms with Crippen molar-refractivity contribution in [2.45, 2.75) is 19.5 Å². The molecule has 25 heavy (non-hydrogen) atoms. The molecular weight excluding hydrogens is 320 g/mol. The lowest BCUT2D eigenvalue weighted by Crippen LogP contribution is -2.49. The van der Waals surface area contributed by atoms with Crippen LogP contribution in [0.5, 0.6) is 11.5 Å². The predicted octanol–water partition coefficient (Wildman–Crippen LogP) is 1.52. The molecule has 0 aliphatic carbocycles. The minimum Gasteiger partial charge on any atom is -0.454 e. The number of rotatable bonds is 4. The van der Waals surface area contributed by atoms with Crippen LogP contribution in [-0.2, 0) is 11.3 Å². The molecule has 0 N–H and O–H groups in total. The van der Waals surface area contributed by atoms with E-state index in [9.17, 15) is 4.79 Å². The highest BCUT2D eigenvalue weighted by atomic mass is 16.7. The van der Waals surface area contributed by atoms with Gasteiger partial charge in [0.1, 0.15) is 6.04 Å². The topological polar surface area (TPSA) is 59.8 Å². The van der Waals surface area contributed by atoms with Crippen LogP contribution in [0, 0.1) is 0 Å². The second kappa shape index (κ2) is 6.76. The average Bonchev–Trinajstić information content (AvgIpc) is 3.32. The fraction of sp³-hybridized carbons (Fsp3) is 0.444. The number of benzene rings is 1. The first-order valence-electron chi connectivity index (χ1n) is 8.59. The first-order valence-corrected chi connectivity index (χ1v) is 8.59. The number of carbonyl (C=O) groups is 1. The van der Waals surface area contributed by atoms with E-state index in [0.717, 1.165) is 44.2 Å². The molecule has 1 aromatic heterocycles. The molecule has 2 aliphatic heterocycles. The Morgan fingerprint density at radius 2 is 2.00 bits per heavy atom. The van der Waals surface area contributed by atoms with Crippen molar-refractivity contribution in [2.24, 2.45) is 0 Å². The van der Waals surface area contributed by atoms with Gasteiger partial charge in [-0.2, -0.15) is 5.10 Å². The van der Waals surface area contributed by atoms with Gasteiger partial charge in [-0.05, 0) is 30.7 Å². The first-order chi connectivity index (χ1) is 12.2. The number of amides is 1. The van der Waals surface area contributed by atoms with Gasteiger partial charge in [0.15, 0.2) is 11.5 Å². The van der Waals surface area contributed by atoms with E-state index >= 15 is 0 Å². The van der Waals surface area contributed by atoms with E-state index < -0.39 is 0 Å². The molecule has 132 valence electrons. The molecule has 0 unspecified atom stereocenters. The van der Waals surface area contributed by atoms with E-state index in [0.29, 0.717) is 6.79 Å². The lowest BCUT2D eigenvalue weighted by Gasteiger charge is -2.36. The van der Waals surface area contributed by atoms with E-state index in [4.69, 9.17) is 9.47 Å². The molecule has 2 aliphatic rings. The Balaban J connectivity index is 1.31. The van der Waals surface area contributed by atoms with E-state index in [2.05, 4.69) is 16.1 Å². The number of carbonyl (C=O) groups excluding carboxylic acids is 1. The summed E-state index contributed by atoms with van der Waals surface area (Å²) in [5, 5.41) is 4.17. The van der Waals surface area contributed by atoms with Crippen molar-refractivity contribution >= 4 is 5.91 Å². The first kappa shape index (κ1) is 16.0. The summed E-state index contributed by atoms with van der Waals surface area (Å²) in [5.41, 5.74) is 1.20. The van der Waals surface area contributed by atoms with Gasteiger partial charge in [-0.3, -0.25) is 14.4 Å². The van der Waals surface area contributed by atoms with Gasteiger partial charge in [0.05, 0.1) is 0 Å². The van der Waals surface area contributed by atoms with Gasteiger partial charge in [-0.1, -0.05) is 6.07 Å². The normalized spacial score (nSPS) is 18.4. The summed E-state index contributed by atoms with van der Waals surface area (Å²) >= 11 is 0. The van der Waals surface area contributed by atoms with Gasteiger partial charge < -0.3 is 14.4 Å². The molecule has 0 bridgehead atoms. The molecule has 3 heterocycles. The zero-order chi connectivity index (χ0) is 17.2. The lowest BCUT2D eigenvalue weighted by molar-refractivity contribution is -0.136. The predicted molar refractivity (Wildman–Crippen MR) is 91.4 cm³/mol. The highest BCUT2D eigenvalue weighted by Gasteiger charge is 2.26. The van der Waals surface area contributed by atoms with Gasteiger partial charge in [0.2, 0.25) is 12.7 Å². The van der Waals surface area contributed by atoms with E-state index in [1.807, 2.05) is 36.2 Å². The van der Waals surface area contributed by atoms with Gasteiger partial charge in [0.25, 0.3) is 0 Å². The van der Waals surface area contributed by atoms with Gasteiger partial charge >= 0.3 is 0 Å². The summed E-state index contributed by atoms with van der Waals surface area (Å²) < 4.78 is 12.5. The van der Waals surface area contributed by atoms with Crippen LogP contribution in [0.25, 0.3) is 0 Å². The maximum absolute atomic E-state index is 12.6. The molecular formula is C18H22N4O3. The Bertz CT molecular complexity index is 739. The largest absolute Gasteiger partial charge is 0.454 e. The summed E-state index contributed by atoms with van der Waals surface area (Å²) in [4.78, 5) is 16.9. The third-order valence-electron chi connectivity index (χ3n) is 4.81. The van der Waals surface area contributed by atoms with Crippen molar-refractivity contribution in [3.8, 4) is 11.5 Å². The SMILES string of the molecule is C[C@@H](C(=O)N1CCN(Cc2ccc3c(c2)OCO3)CC1)n1cccn1. The number of hydrogen-bond donors (Lipinski definition) is 0. The maximum Gasteiger partial charge on any atom is 0.247 e. The fourth-order valence-electron chi connectivity index (χ4n) is 3.31. The van der Waals surface area contributed by atoms with Crippen LogP contribution in [0.4, 0.5) is 0 Å². The summed E-state index contributed by atoms with van der Waals surface area (Å²) in [6.45, 7) is 6.28. The lowest BCUT2D eigenvalue weighted by atomic mass is 10.1. The fourth-order valence-corrected chi connectivity index (χ4v) is 3.31. The van der Waals surface area contributed by atoms with Gasteiger partial charge in [-0.15, -0.1) is 0 Å². The molecule has 2 aromatic rings. The monoisotopic (exact) mass is 342 g/mol. The second-order valence-electron chi connectivity index (χ2n) is 6.45. The van der Waals surface area contributed by atoms with Crippen LogP contribution in [0.3, 0.4) is 0 Å². The van der Waals surface area contributed by atoms with Crippen molar-refractivity contribution in [3.05, 3.63) is 42.2 Å². The number of ether oxygens (including phenoxy) is 2. The van der Waals surface area contributed by atoms with Crippen LogP contribution >= 0.6 is 0 Å². The Morgan fingerprint density at radius 3 is 2.76 bits per heavy atom. The number of nitrogens with zero attached hydrogens (tertiary/aromatic N) is 4. The molecule has 1 fully saturated rings. The Kier molecular flexibility index (Phi) is 4.31. The van der Waals surface area contributed by atoms with E-state index in [1.165, 1.54) is 5.56 Å². The third kappa shape index (κ3) is 3.32. The molecule has 4 rings (SSSR count). The van der Waals surface area contributed by atoms with Crippen molar-refractivity contribution in [1.82, 2.24) is 19.6 Å².